The molecule has 0 atom stereocenters. The van der Waals surface area contributed by atoms with Crippen molar-refractivity contribution in [3.05, 3.63) is 29.8 Å². The van der Waals surface area contributed by atoms with Crippen LogP contribution in [-0.2, 0) is 6.42 Å². The average Bonchev–Trinajstić information content (AvgIpc) is 2.49. The van der Waals surface area contributed by atoms with E-state index in [1.165, 1.54) is 81.9 Å². The van der Waals surface area contributed by atoms with Crippen molar-refractivity contribution in [1.82, 2.24) is 0 Å². The van der Waals surface area contributed by atoms with Crippen molar-refractivity contribution in [3.63, 3.8) is 0 Å². The van der Waals surface area contributed by atoms with E-state index in [2.05, 4.69) is 50.2 Å². The maximum Gasteiger partial charge on any atom is 0.0444 e. The topological polar surface area (TPSA) is 3.24 Å². The predicted molar refractivity (Wildman–Crippen MR) is 95.2 cm³/mol. The van der Waals surface area contributed by atoms with Crippen LogP contribution in [0.3, 0.4) is 0 Å². The molecule has 0 saturated heterocycles. The number of hydrogen-bond acceptors (Lipinski definition) is 1. The Morgan fingerprint density at radius 2 is 1.38 bits per heavy atom. The molecule has 0 aliphatic rings. The first-order valence-corrected chi connectivity index (χ1v) is 8.92. The molecule has 1 rings (SSSR count). The Bertz CT molecular complexity index is 357. The molecule has 0 N–H and O–H groups in total. The van der Waals surface area contributed by atoms with Crippen molar-refractivity contribution in [3.8, 4) is 0 Å². The minimum Gasteiger partial charge on any atom is -0.377 e. The molecular formula is C20H34N. The highest BCUT2D eigenvalue weighted by atomic mass is 15.1. The van der Waals surface area contributed by atoms with Gasteiger partial charge >= 0.3 is 0 Å². The zero-order chi connectivity index (χ0) is 15.3. The average molecular weight is 288 g/mol. The van der Waals surface area contributed by atoms with Gasteiger partial charge in [0.05, 0.1) is 0 Å². The highest BCUT2D eigenvalue weighted by Crippen LogP contribution is 2.16. The fraction of sp³-hybridized carbons (Fsp3) is 0.700. The van der Waals surface area contributed by atoms with E-state index >= 15 is 0 Å². The molecule has 21 heavy (non-hydrogen) atoms. The van der Waals surface area contributed by atoms with E-state index in [-0.39, 0.29) is 0 Å². The smallest absolute Gasteiger partial charge is 0.0444 e. The molecule has 1 aromatic rings. The van der Waals surface area contributed by atoms with Crippen LogP contribution in [0.4, 0.5) is 5.69 Å². The van der Waals surface area contributed by atoms with Gasteiger partial charge in [0, 0.05) is 25.8 Å². The van der Waals surface area contributed by atoms with Crippen LogP contribution in [0.1, 0.15) is 76.7 Å². The molecule has 0 bridgehead atoms. The molecule has 0 aliphatic heterocycles. The van der Waals surface area contributed by atoms with Crippen LogP contribution >= 0.6 is 0 Å². The van der Waals surface area contributed by atoms with Gasteiger partial charge in [0.25, 0.3) is 0 Å². The molecule has 0 spiro atoms. The van der Waals surface area contributed by atoms with Gasteiger partial charge in [-0.15, -0.1) is 0 Å². The second-order valence-corrected chi connectivity index (χ2v) is 6.39. The molecular weight excluding hydrogens is 254 g/mol. The quantitative estimate of drug-likeness (QED) is 0.425. The lowest BCUT2D eigenvalue weighted by Crippen LogP contribution is -2.08. The van der Waals surface area contributed by atoms with Gasteiger partial charge < -0.3 is 4.90 Å². The maximum atomic E-state index is 3.50. The number of anilines is 1. The number of hydrogen-bond donors (Lipinski definition) is 0. The van der Waals surface area contributed by atoms with Crippen LogP contribution in [-0.4, -0.2) is 14.1 Å². The van der Waals surface area contributed by atoms with Crippen LogP contribution in [0, 0.1) is 6.07 Å². The highest BCUT2D eigenvalue weighted by molar-refractivity contribution is 5.45. The van der Waals surface area contributed by atoms with Gasteiger partial charge in [-0.25, -0.2) is 0 Å². The summed E-state index contributed by atoms with van der Waals surface area (Å²) in [5.74, 6) is 0. The van der Waals surface area contributed by atoms with E-state index in [0.29, 0.717) is 0 Å². The third kappa shape index (κ3) is 8.80. The van der Waals surface area contributed by atoms with Crippen LogP contribution in [0.15, 0.2) is 18.2 Å². The third-order valence-electron chi connectivity index (χ3n) is 4.12. The molecule has 0 unspecified atom stereocenters. The Morgan fingerprint density at radius 1 is 0.810 bits per heavy atom. The van der Waals surface area contributed by atoms with Crippen molar-refractivity contribution in [2.24, 2.45) is 0 Å². The van der Waals surface area contributed by atoms with E-state index in [4.69, 9.17) is 0 Å². The lowest BCUT2D eigenvalue weighted by atomic mass is 10.0. The Morgan fingerprint density at radius 3 is 1.95 bits per heavy atom. The first-order valence-electron chi connectivity index (χ1n) is 8.92. The lowest BCUT2D eigenvalue weighted by Gasteiger charge is -2.12. The van der Waals surface area contributed by atoms with Crippen LogP contribution in [0.2, 0.25) is 0 Å². The fourth-order valence-electron chi connectivity index (χ4n) is 2.71. The van der Waals surface area contributed by atoms with E-state index in [9.17, 15) is 0 Å². The van der Waals surface area contributed by atoms with Gasteiger partial charge in [0.15, 0.2) is 0 Å². The number of benzene rings is 1. The highest BCUT2D eigenvalue weighted by Gasteiger charge is 1.99. The van der Waals surface area contributed by atoms with Crippen molar-refractivity contribution < 1.29 is 0 Å². The number of aryl methyl sites for hydroxylation is 1. The Kier molecular flexibility index (Phi) is 10.0. The molecule has 1 heteroatoms. The van der Waals surface area contributed by atoms with Gasteiger partial charge in [0.1, 0.15) is 0 Å². The fourth-order valence-corrected chi connectivity index (χ4v) is 2.71. The molecule has 0 fully saturated rings. The summed E-state index contributed by atoms with van der Waals surface area (Å²) in [5.41, 5.74) is 2.56. The summed E-state index contributed by atoms with van der Waals surface area (Å²) in [5, 5.41) is 0. The van der Waals surface area contributed by atoms with Crippen LogP contribution in [0.5, 0.6) is 0 Å². The Labute approximate surface area is 132 Å². The molecule has 0 heterocycles. The van der Waals surface area contributed by atoms with Crippen LogP contribution in [0.25, 0.3) is 0 Å². The van der Waals surface area contributed by atoms with E-state index in [1.807, 2.05) is 0 Å². The summed E-state index contributed by atoms with van der Waals surface area (Å²) < 4.78 is 0. The first kappa shape index (κ1) is 18.1. The summed E-state index contributed by atoms with van der Waals surface area (Å²) in [7, 11) is 4.16. The summed E-state index contributed by atoms with van der Waals surface area (Å²) in [6.45, 7) is 2.28. The summed E-state index contributed by atoms with van der Waals surface area (Å²) >= 11 is 0. The zero-order valence-corrected chi connectivity index (χ0v) is 14.5. The largest absolute Gasteiger partial charge is 0.377 e. The molecule has 1 aromatic carbocycles. The SMILES string of the molecule is CCCCCCCCCCCCc1[c]c(N(C)C)ccc1. The van der Waals surface area contributed by atoms with Crippen molar-refractivity contribution in [1.29, 1.82) is 0 Å². The van der Waals surface area contributed by atoms with E-state index in [1.54, 1.807) is 0 Å². The monoisotopic (exact) mass is 288 g/mol. The summed E-state index contributed by atoms with van der Waals surface area (Å²) in [4.78, 5) is 2.13. The molecule has 1 nitrogen and oxygen atoms in total. The minimum absolute atomic E-state index is 1.18. The van der Waals surface area contributed by atoms with Gasteiger partial charge in [-0.1, -0.05) is 76.8 Å². The van der Waals surface area contributed by atoms with Gasteiger partial charge in [-0.05, 0) is 24.5 Å². The zero-order valence-electron chi connectivity index (χ0n) is 14.5. The van der Waals surface area contributed by atoms with Gasteiger partial charge in [-0.2, -0.15) is 0 Å². The number of unbranched alkanes of at least 4 members (excludes halogenated alkanes) is 9. The molecule has 0 amide bonds. The summed E-state index contributed by atoms with van der Waals surface area (Å²) in [6.07, 6.45) is 15.2. The Balaban J connectivity index is 2.00. The van der Waals surface area contributed by atoms with Gasteiger partial charge in [0.2, 0.25) is 0 Å². The molecule has 119 valence electrons. The van der Waals surface area contributed by atoms with Crippen molar-refractivity contribution in [2.75, 3.05) is 19.0 Å². The second-order valence-electron chi connectivity index (χ2n) is 6.39. The standard InChI is InChI=1S/C20H34N/c1-4-5-6-7-8-9-10-11-12-13-15-19-16-14-17-20(18-19)21(2)3/h14,16-17H,4-13,15H2,1-3H3. The predicted octanol–water partition coefficient (Wildman–Crippen LogP) is 6.02. The number of rotatable bonds is 12. The van der Waals surface area contributed by atoms with Crippen molar-refractivity contribution in [2.45, 2.75) is 77.6 Å². The second kappa shape index (κ2) is 11.7. The molecule has 0 aromatic heterocycles. The Hall–Kier alpha value is -0.980. The van der Waals surface area contributed by atoms with E-state index in [0.717, 1.165) is 0 Å². The summed E-state index contributed by atoms with van der Waals surface area (Å²) in [6, 6.07) is 9.99. The normalized spacial score (nSPS) is 10.8. The van der Waals surface area contributed by atoms with Crippen molar-refractivity contribution >= 4 is 5.69 Å². The van der Waals surface area contributed by atoms with Gasteiger partial charge in [-0.3, -0.25) is 0 Å². The maximum absolute atomic E-state index is 3.50. The number of nitrogens with zero attached hydrogens (tertiary/aromatic N) is 1. The third-order valence-corrected chi connectivity index (χ3v) is 4.12. The lowest BCUT2D eigenvalue weighted by molar-refractivity contribution is 0.556. The minimum atomic E-state index is 1.18. The molecule has 0 aliphatic carbocycles. The molecule has 1 radical (unpaired) electrons. The van der Waals surface area contributed by atoms with Crippen LogP contribution < -0.4 is 4.90 Å². The molecule has 0 saturated carbocycles. The van der Waals surface area contributed by atoms with E-state index < -0.39 is 0 Å². The first-order chi connectivity index (χ1) is 10.2.